The van der Waals surface area contributed by atoms with Gasteiger partial charge in [0, 0.05) is 24.1 Å². The molecule has 1 fully saturated rings. The van der Waals surface area contributed by atoms with E-state index in [1.807, 2.05) is 12.1 Å². The Hall–Kier alpha value is -2.40. The molecule has 132 valence electrons. The standard InChI is InChI=1S/C19H20ClNO4/c1-11-8-13(11)16-6-4-12(25-16)5-7-19(22)21-15-10-17(23-2)14(20)9-18(15)24-3/h4-7,9-11,13H,8H2,1-3H3,(H,21,22)/b7-5+. The van der Waals surface area contributed by atoms with Crippen molar-refractivity contribution >= 4 is 29.3 Å². The molecule has 0 bridgehead atoms. The summed E-state index contributed by atoms with van der Waals surface area (Å²) in [6.45, 7) is 2.20. The number of nitrogens with one attached hydrogen (secondary N) is 1. The van der Waals surface area contributed by atoms with Crippen molar-refractivity contribution in [3.63, 3.8) is 0 Å². The molecule has 0 spiro atoms. The third-order valence-corrected chi connectivity index (χ3v) is 4.55. The minimum atomic E-state index is -0.305. The lowest BCUT2D eigenvalue weighted by molar-refractivity contribution is -0.111. The number of halogens is 1. The number of anilines is 1. The Kier molecular flexibility index (Phi) is 5.04. The maximum Gasteiger partial charge on any atom is 0.248 e. The molecule has 0 saturated heterocycles. The second-order valence-electron chi connectivity index (χ2n) is 6.07. The molecule has 1 aliphatic carbocycles. The summed E-state index contributed by atoms with van der Waals surface area (Å²) in [5, 5.41) is 3.16. The molecule has 1 saturated carbocycles. The van der Waals surface area contributed by atoms with Gasteiger partial charge in [0.1, 0.15) is 23.0 Å². The van der Waals surface area contributed by atoms with E-state index >= 15 is 0 Å². The van der Waals surface area contributed by atoms with Crippen LogP contribution in [0.2, 0.25) is 5.02 Å². The number of hydrogen-bond donors (Lipinski definition) is 1. The Labute approximate surface area is 151 Å². The molecule has 1 aromatic heterocycles. The van der Waals surface area contributed by atoms with Gasteiger partial charge in [0.25, 0.3) is 0 Å². The fraction of sp³-hybridized carbons (Fsp3) is 0.316. The molecular formula is C19H20ClNO4. The van der Waals surface area contributed by atoms with E-state index in [0.29, 0.717) is 39.8 Å². The van der Waals surface area contributed by atoms with Gasteiger partial charge >= 0.3 is 0 Å². The minimum Gasteiger partial charge on any atom is -0.495 e. The topological polar surface area (TPSA) is 60.7 Å². The summed E-state index contributed by atoms with van der Waals surface area (Å²) >= 11 is 6.06. The second-order valence-corrected chi connectivity index (χ2v) is 6.48. The first kappa shape index (κ1) is 17.4. The highest BCUT2D eigenvalue weighted by Crippen LogP contribution is 2.47. The summed E-state index contributed by atoms with van der Waals surface area (Å²) in [4.78, 5) is 12.2. The SMILES string of the molecule is COc1cc(NC(=O)/C=C/c2ccc(C3CC3C)o2)c(OC)cc1Cl. The van der Waals surface area contributed by atoms with Gasteiger partial charge in [-0.15, -0.1) is 0 Å². The van der Waals surface area contributed by atoms with Crippen molar-refractivity contribution in [1.82, 2.24) is 0 Å². The number of hydrogen-bond acceptors (Lipinski definition) is 4. The van der Waals surface area contributed by atoms with Crippen molar-refractivity contribution in [3.8, 4) is 11.5 Å². The number of amides is 1. The Balaban J connectivity index is 1.68. The van der Waals surface area contributed by atoms with Crippen LogP contribution in [-0.2, 0) is 4.79 Å². The predicted octanol–water partition coefficient (Wildman–Crippen LogP) is 4.73. The molecule has 1 aliphatic rings. The Morgan fingerprint density at radius 2 is 2.00 bits per heavy atom. The molecule has 25 heavy (non-hydrogen) atoms. The molecule has 1 N–H and O–H groups in total. The van der Waals surface area contributed by atoms with Gasteiger partial charge in [-0.3, -0.25) is 4.79 Å². The quantitative estimate of drug-likeness (QED) is 0.756. The van der Waals surface area contributed by atoms with Crippen LogP contribution in [0.4, 0.5) is 5.69 Å². The largest absolute Gasteiger partial charge is 0.495 e. The minimum absolute atomic E-state index is 0.305. The van der Waals surface area contributed by atoms with Crippen molar-refractivity contribution in [3.05, 3.63) is 46.9 Å². The maximum absolute atomic E-state index is 12.2. The van der Waals surface area contributed by atoms with Crippen LogP contribution in [0.1, 0.15) is 30.8 Å². The van der Waals surface area contributed by atoms with E-state index in [4.69, 9.17) is 25.5 Å². The van der Waals surface area contributed by atoms with E-state index in [9.17, 15) is 4.79 Å². The van der Waals surface area contributed by atoms with Gasteiger partial charge in [-0.1, -0.05) is 18.5 Å². The van der Waals surface area contributed by atoms with E-state index in [0.717, 1.165) is 12.2 Å². The molecule has 2 aromatic rings. The Morgan fingerprint density at radius 1 is 1.28 bits per heavy atom. The molecule has 5 nitrogen and oxygen atoms in total. The first-order valence-electron chi connectivity index (χ1n) is 8.02. The van der Waals surface area contributed by atoms with Gasteiger partial charge in [0.2, 0.25) is 5.91 Å². The number of ether oxygens (including phenoxy) is 2. The van der Waals surface area contributed by atoms with Crippen LogP contribution < -0.4 is 14.8 Å². The summed E-state index contributed by atoms with van der Waals surface area (Å²) in [6, 6.07) is 7.05. The second kappa shape index (κ2) is 7.23. The molecule has 2 atom stereocenters. The average Bonchev–Trinajstić information content (AvgIpc) is 3.14. The van der Waals surface area contributed by atoms with Crippen LogP contribution >= 0.6 is 11.6 Å². The van der Waals surface area contributed by atoms with E-state index in [1.165, 1.54) is 20.3 Å². The van der Waals surface area contributed by atoms with E-state index < -0.39 is 0 Å². The zero-order valence-electron chi connectivity index (χ0n) is 14.3. The molecule has 0 aliphatic heterocycles. The van der Waals surface area contributed by atoms with Crippen molar-refractivity contribution < 1.29 is 18.7 Å². The monoisotopic (exact) mass is 361 g/mol. The lowest BCUT2D eigenvalue weighted by Crippen LogP contribution is -2.09. The number of furan rings is 1. The van der Waals surface area contributed by atoms with Gasteiger partial charge in [-0.2, -0.15) is 0 Å². The molecular weight excluding hydrogens is 342 g/mol. The lowest BCUT2D eigenvalue weighted by atomic mass is 10.2. The van der Waals surface area contributed by atoms with E-state index in [-0.39, 0.29) is 5.91 Å². The number of methoxy groups -OCH3 is 2. The molecule has 2 unspecified atom stereocenters. The molecule has 6 heteroatoms. The third kappa shape index (κ3) is 3.99. The summed E-state index contributed by atoms with van der Waals surface area (Å²) in [5.41, 5.74) is 0.477. The highest BCUT2D eigenvalue weighted by atomic mass is 35.5. The Bertz CT molecular complexity index is 812. The molecule has 0 radical (unpaired) electrons. The number of carbonyl (C=O) groups is 1. The molecule has 1 heterocycles. The zero-order valence-corrected chi connectivity index (χ0v) is 15.1. The lowest BCUT2D eigenvalue weighted by Gasteiger charge is -2.12. The summed E-state index contributed by atoms with van der Waals surface area (Å²) in [6.07, 6.45) is 4.22. The fourth-order valence-corrected chi connectivity index (χ4v) is 2.90. The third-order valence-electron chi connectivity index (χ3n) is 4.25. The van der Waals surface area contributed by atoms with Crippen LogP contribution in [0, 0.1) is 5.92 Å². The smallest absolute Gasteiger partial charge is 0.248 e. The number of benzene rings is 1. The average molecular weight is 362 g/mol. The van der Waals surface area contributed by atoms with Crippen LogP contribution in [-0.4, -0.2) is 20.1 Å². The first-order valence-corrected chi connectivity index (χ1v) is 8.40. The number of rotatable bonds is 6. The molecule has 3 rings (SSSR count). The van der Waals surface area contributed by atoms with Crippen molar-refractivity contribution in [2.45, 2.75) is 19.3 Å². The van der Waals surface area contributed by atoms with Crippen LogP contribution in [0.5, 0.6) is 11.5 Å². The fourth-order valence-electron chi connectivity index (χ4n) is 2.67. The highest BCUT2D eigenvalue weighted by Gasteiger charge is 2.36. The zero-order chi connectivity index (χ0) is 18.0. The van der Waals surface area contributed by atoms with Crippen molar-refractivity contribution in [2.24, 2.45) is 5.92 Å². The summed E-state index contributed by atoms with van der Waals surface area (Å²) in [5.74, 6) is 3.44. The highest BCUT2D eigenvalue weighted by molar-refractivity contribution is 6.32. The predicted molar refractivity (Wildman–Crippen MR) is 97.4 cm³/mol. The van der Waals surface area contributed by atoms with Crippen molar-refractivity contribution in [2.75, 3.05) is 19.5 Å². The van der Waals surface area contributed by atoms with Gasteiger partial charge in [0.05, 0.1) is 24.9 Å². The summed E-state index contributed by atoms with van der Waals surface area (Å²) < 4.78 is 16.1. The normalized spacial score (nSPS) is 19.0. The van der Waals surface area contributed by atoms with Crippen LogP contribution in [0.15, 0.2) is 34.8 Å². The molecule has 1 aromatic carbocycles. The van der Waals surface area contributed by atoms with E-state index in [1.54, 1.807) is 18.2 Å². The van der Waals surface area contributed by atoms with Crippen LogP contribution in [0.3, 0.4) is 0 Å². The van der Waals surface area contributed by atoms with Crippen molar-refractivity contribution in [1.29, 1.82) is 0 Å². The van der Waals surface area contributed by atoms with Gasteiger partial charge < -0.3 is 19.2 Å². The van der Waals surface area contributed by atoms with Crippen LogP contribution in [0.25, 0.3) is 6.08 Å². The molecule has 1 amide bonds. The maximum atomic E-state index is 12.2. The van der Waals surface area contributed by atoms with Gasteiger partial charge in [0.15, 0.2) is 0 Å². The Morgan fingerprint density at radius 3 is 2.64 bits per heavy atom. The summed E-state index contributed by atoms with van der Waals surface area (Å²) in [7, 11) is 3.02. The van der Waals surface area contributed by atoms with Gasteiger partial charge in [-0.25, -0.2) is 0 Å². The number of carbonyl (C=O) groups excluding carboxylic acids is 1. The first-order chi connectivity index (χ1) is 12.0. The van der Waals surface area contributed by atoms with Gasteiger partial charge in [-0.05, 0) is 30.5 Å². The van der Waals surface area contributed by atoms with E-state index in [2.05, 4.69) is 12.2 Å².